The van der Waals surface area contributed by atoms with E-state index in [1.165, 1.54) is 0 Å². The van der Waals surface area contributed by atoms with E-state index in [0.29, 0.717) is 16.3 Å². The lowest BCUT2D eigenvalue weighted by Gasteiger charge is -2.06. The molecule has 0 saturated heterocycles. The fourth-order valence-electron chi connectivity index (χ4n) is 2.71. The molecule has 4 aromatic rings. The van der Waals surface area contributed by atoms with Crippen LogP contribution in [0.25, 0.3) is 22.4 Å². The van der Waals surface area contributed by atoms with E-state index in [2.05, 4.69) is 15.3 Å². The van der Waals surface area contributed by atoms with Gasteiger partial charge >= 0.3 is 0 Å². The Bertz CT molecular complexity index is 1020. The molecule has 0 fully saturated rings. The average molecular weight is 349 g/mol. The van der Waals surface area contributed by atoms with E-state index >= 15 is 0 Å². The summed E-state index contributed by atoms with van der Waals surface area (Å²) < 4.78 is 0. The molecule has 3 aromatic carbocycles. The molecule has 0 aliphatic heterocycles. The first-order valence-electron chi connectivity index (χ1n) is 7.87. The Balaban J connectivity index is 1.56. The fourth-order valence-corrected chi connectivity index (χ4v) is 2.93. The highest BCUT2D eigenvalue weighted by atomic mass is 35.5. The second-order valence-electron chi connectivity index (χ2n) is 5.68. The summed E-state index contributed by atoms with van der Waals surface area (Å²) in [5.74, 6) is 0.695. The van der Waals surface area contributed by atoms with Crippen molar-refractivity contribution in [3.05, 3.63) is 83.4 Å². The Kier molecular flexibility index (Phi) is 3.96. The van der Waals surface area contributed by atoms with Crippen molar-refractivity contribution < 1.29 is 9.78 Å². The third-order valence-corrected chi connectivity index (χ3v) is 4.33. The van der Waals surface area contributed by atoms with Gasteiger partial charge in [-0.2, -0.15) is 0 Å². The molecule has 0 radical (unpaired) electrons. The third kappa shape index (κ3) is 3.12. The summed E-state index contributed by atoms with van der Waals surface area (Å²) in [6, 6.07) is 22.6. The molecule has 0 saturated carbocycles. The minimum Gasteiger partial charge on any atom is -0.322 e. The van der Waals surface area contributed by atoms with Crippen LogP contribution in [0, 0.1) is 0 Å². The quantitative estimate of drug-likeness (QED) is 0.560. The molecule has 4 rings (SSSR count). The zero-order chi connectivity index (χ0) is 17.2. The van der Waals surface area contributed by atoms with Crippen molar-refractivity contribution in [3.8, 4) is 11.4 Å². The number of hydrogen-bond acceptors (Lipinski definition) is 1. The van der Waals surface area contributed by atoms with Crippen LogP contribution in [-0.4, -0.2) is 10.9 Å². The van der Waals surface area contributed by atoms with Gasteiger partial charge in [0.15, 0.2) is 11.0 Å². The normalized spacial score (nSPS) is 10.8. The Labute approximate surface area is 149 Å². The van der Waals surface area contributed by atoms with Crippen molar-refractivity contribution in [2.24, 2.45) is 0 Å². The average Bonchev–Trinajstić information content (AvgIpc) is 3.07. The van der Waals surface area contributed by atoms with Crippen LogP contribution in [0.5, 0.6) is 0 Å². The predicted molar refractivity (Wildman–Crippen MR) is 99.7 cm³/mol. The largest absolute Gasteiger partial charge is 0.322 e. The molecule has 1 aromatic heterocycles. The second kappa shape index (κ2) is 6.42. The number of rotatable bonds is 3. The fraction of sp³-hybridized carbons (Fsp3) is 0. The zero-order valence-corrected chi connectivity index (χ0v) is 14.0. The molecule has 25 heavy (non-hydrogen) atoms. The summed E-state index contributed by atoms with van der Waals surface area (Å²) in [5, 5.41) is 3.30. The lowest BCUT2D eigenvalue weighted by molar-refractivity contribution is -0.330. The molecule has 0 aliphatic carbocycles. The smallest absolute Gasteiger partial charge is 0.285 e. The van der Waals surface area contributed by atoms with E-state index in [9.17, 15) is 4.79 Å². The van der Waals surface area contributed by atoms with Crippen LogP contribution in [-0.2, 0) is 0 Å². The lowest BCUT2D eigenvalue weighted by atomic mass is 10.1. The number of aromatic amines is 2. The van der Waals surface area contributed by atoms with Crippen molar-refractivity contribution in [2.75, 3.05) is 5.32 Å². The molecule has 0 bridgehead atoms. The summed E-state index contributed by atoms with van der Waals surface area (Å²) in [5.41, 5.74) is 4.27. The topological polar surface area (TPSA) is 59.0 Å². The maximum Gasteiger partial charge on any atom is 0.285 e. The SMILES string of the molecule is O=C(Nc1ccc(-c2[nH]c3ccccc3[nH+]2)cc1)c1ccccc1Cl. The molecule has 0 atom stereocenters. The number of imidazole rings is 1. The standard InChI is InChI=1S/C20H14ClN3O/c21-16-6-2-1-5-15(16)20(25)22-14-11-9-13(10-12-14)19-23-17-7-3-4-8-18(17)24-19/h1-12H,(H,22,25)(H,23,24)/p+1. The summed E-state index contributed by atoms with van der Waals surface area (Å²) in [6.07, 6.45) is 0. The Hall–Kier alpha value is -3.11. The van der Waals surface area contributed by atoms with Crippen molar-refractivity contribution >= 4 is 34.2 Å². The number of para-hydroxylation sites is 2. The Morgan fingerprint density at radius 2 is 1.64 bits per heavy atom. The predicted octanol–water partition coefficient (Wildman–Crippen LogP) is 4.55. The Morgan fingerprint density at radius 1 is 0.920 bits per heavy atom. The van der Waals surface area contributed by atoms with Crippen LogP contribution in [0.3, 0.4) is 0 Å². The van der Waals surface area contributed by atoms with Gasteiger partial charge in [-0.1, -0.05) is 35.9 Å². The van der Waals surface area contributed by atoms with Crippen molar-refractivity contribution in [1.82, 2.24) is 4.98 Å². The van der Waals surface area contributed by atoms with Gasteiger partial charge in [-0.15, -0.1) is 0 Å². The Morgan fingerprint density at radius 3 is 2.40 bits per heavy atom. The molecule has 0 spiro atoms. The van der Waals surface area contributed by atoms with Gasteiger partial charge in [0.25, 0.3) is 11.7 Å². The lowest BCUT2D eigenvalue weighted by Crippen LogP contribution is -2.12. The number of H-pyrrole nitrogens is 2. The van der Waals surface area contributed by atoms with Crippen LogP contribution in [0.4, 0.5) is 5.69 Å². The highest BCUT2D eigenvalue weighted by Gasteiger charge is 2.13. The van der Waals surface area contributed by atoms with Gasteiger partial charge in [0.2, 0.25) is 0 Å². The van der Waals surface area contributed by atoms with E-state index in [1.807, 2.05) is 48.5 Å². The first-order chi connectivity index (χ1) is 12.2. The number of carbonyl (C=O) groups excluding carboxylic acids is 1. The van der Waals surface area contributed by atoms with E-state index in [4.69, 9.17) is 11.6 Å². The molecule has 0 unspecified atom stereocenters. The number of aromatic nitrogens is 2. The van der Waals surface area contributed by atoms with Gasteiger partial charge in [-0.05, 0) is 48.5 Å². The minimum absolute atomic E-state index is 0.226. The first-order valence-corrected chi connectivity index (χ1v) is 8.25. The first kappa shape index (κ1) is 15.4. The van der Waals surface area contributed by atoms with E-state index in [-0.39, 0.29) is 5.91 Å². The number of anilines is 1. The monoisotopic (exact) mass is 348 g/mol. The molecule has 122 valence electrons. The molecule has 5 heteroatoms. The summed E-state index contributed by atoms with van der Waals surface area (Å²) >= 11 is 6.06. The van der Waals surface area contributed by atoms with E-state index in [1.54, 1.807) is 24.3 Å². The molecular formula is C20H15ClN3O+. The van der Waals surface area contributed by atoms with Crippen molar-refractivity contribution in [3.63, 3.8) is 0 Å². The molecule has 0 aliphatic rings. The van der Waals surface area contributed by atoms with Crippen LogP contribution in [0.15, 0.2) is 72.8 Å². The van der Waals surface area contributed by atoms with Gasteiger partial charge in [-0.25, -0.2) is 9.97 Å². The van der Waals surface area contributed by atoms with Crippen LogP contribution in [0.1, 0.15) is 10.4 Å². The maximum atomic E-state index is 12.3. The zero-order valence-electron chi connectivity index (χ0n) is 13.2. The minimum atomic E-state index is -0.226. The number of hydrogen-bond donors (Lipinski definition) is 2. The maximum absolute atomic E-state index is 12.3. The highest BCUT2D eigenvalue weighted by Crippen LogP contribution is 2.21. The molecule has 1 heterocycles. The molecule has 4 nitrogen and oxygen atoms in total. The summed E-state index contributed by atoms with van der Waals surface area (Å²) in [7, 11) is 0. The van der Waals surface area contributed by atoms with Crippen LogP contribution < -0.4 is 10.3 Å². The van der Waals surface area contributed by atoms with Gasteiger partial charge in [0.05, 0.1) is 16.1 Å². The number of amides is 1. The molecule has 1 amide bonds. The van der Waals surface area contributed by atoms with E-state index in [0.717, 1.165) is 22.4 Å². The molecular weight excluding hydrogens is 334 g/mol. The number of halogens is 1. The van der Waals surface area contributed by atoms with E-state index < -0.39 is 0 Å². The van der Waals surface area contributed by atoms with Crippen LogP contribution in [0.2, 0.25) is 5.02 Å². The molecule has 3 N–H and O–H groups in total. The number of nitrogens with one attached hydrogen (secondary N) is 3. The summed E-state index contributed by atoms with van der Waals surface area (Å²) in [4.78, 5) is 19.0. The van der Waals surface area contributed by atoms with Crippen molar-refractivity contribution in [2.45, 2.75) is 0 Å². The second-order valence-corrected chi connectivity index (χ2v) is 6.09. The summed E-state index contributed by atoms with van der Waals surface area (Å²) in [6.45, 7) is 0. The number of carbonyl (C=O) groups is 1. The highest BCUT2D eigenvalue weighted by molar-refractivity contribution is 6.34. The third-order valence-electron chi connectivity index (χ3n) is 4.00. The van der Waals surface area contributed by atoms with Gasteiger partial charge in [-0.3, -0.25) is 4.79 Å². The number of fused-ring (bicyclic) bond motifs is 1. The van der Waals surface area contributed by atoms with Crippen molar-refractivity contribution in [1.29, 1.82) is 0 Å². The van der Waals surface area contributed by atoms with Gasteiger partial charge in [0, 0.05) is 5.69 Å². The van der Waals surface area contributed by atoms with Crippen LogP contribution >= 0.6 is 11.6 Å². The van der Waals surface area contributed by atoms with Gasteiger partial charge in [0.1, 0.15) is 0 Å². The number of benzene rings is 3. The van der Waals surface area contributed by atoms with Gasteiger partial charge < -0.3 is 5.32 Å².